The van der Waals surface area contributed by atoms with Gasteiger partial charge in [0.25, 0.3) is 17.7 Å². The number of anilines is 2. The summed E-state index contributed by atoms with van der Waals surface area (Å²) in [5.74, 6) is -1.87. The Morgan fingerprint density at radius 2 is 1.36 bits per heavy atom. The Kier molecular flexibility index (Phi) is 8.10. The fraction of sp³-hybridized carbons (Fsp3) is 0.0857. The molecule has 224 valence electrons. The van der Waals surface area contributed by atoms with Crippen LogP contribution in [0.15, 0.2) is 109 Å². The van der Waals surface area contributed by atoms with E-state index in [-0.39, 0.29) is 35.7 Å². The van der Waals surface area contributed by atoms with Crippen LogP contribution in [0.1, 0.15) is 36.6 Å². The van der Waals surface area contributed by atoms with Crippen LogP contribution in [0.4, 0.5) is 11.4 Å². The van der Waals surface area contributed by atoms with Gasteiger partial charge in [0.1, 0.15) is 6.04 Å². The molecule has 0 spiro atoms. The van der Waals surface area contributed by atoms with Crippen molar-refractivity contribution in [3.8, 4) is 11.5 Å². The van der Waals surface area contributed by atoms with Crippen molar-refractivity contribution in [3.63, 3.8) is 0 Å². The SMILES string of the molecule is O=C(Nc1cc(NC(=O)c2cccc3ccccc23)cc(C(=O)N[C@@H](Cc2ccccc2)C(=O)O)c1)c1ccc2c(c1)OCO2. The van der Waals surface area contributed by atoms with Crippen molar-refractivity contribution >= 4 is 45.8 Å². The van der Waals surface area contributed by atoms with Crippen LogP contribution in [0.5, 0.6) is 11.5 Å². The van der Waals surface area contributed by atoms with E-state index < -0.39 is 29.7 Å². The van der Waals surface area contributed by atoms with E-state index >= 15 is 0 Å². The predicted molar refractivity (Wildman–Crippen MR) is 168 cm³/mol. The third-order valence-corrected chi connectivity index (χ3v) is 7.27. The molecule has 3 amide bonds. The van der Waals surface area contributed by atoms with E-state index in [9.17, 15) is 24.3 Å². The summed E-state index contributed by atoms with van der Waals surface area (Å²) in [6.07, 6.45) is 0.0626. The average Bonchev–Trinajstić information content (AvgIpc) is 3.52. The Morgan fingerprint density at radius 1 is 0.667 bits per heavy atom. The van der Waals surface area contributed by atoms with Crippen LogP contribution in [0.3, 0.4) is 0 Å². The molecule has 1 heterocycles. The molecular formula is C35H27N3O7. The molecule has 0 unspecified atom stereocenters. The van der Waals surface area contributed by atoms with Gasteiger partial charge in [-0.2, -0.15) is 0 Å². The van der Waals surface area contributed by atoms with Crippen molar-refractivity contribution in [2.75, 3.05) is 17.4 Å². The molecule has 1 aliphatic rings. The minimum Gasteiger partial charge on any atom is -0.480 e. The fourth-order valence-electron chi connectivity index (χ4n) is 5.06. The summed E-state index contributed by atoms with van der Waals surface area (Å²) < 4.78 is 10.7. The lowest BCUT2D eigenvalue weighted by molar-refractivity contribution is -0.139. The summed E-state index contributed by atoms with van der Waals surface area (Å²) in [6.45, 7) is 0.0545. The van der Waals surface area contributed by atoms with Crippen molar-refractivity contribution in [2.45, 2.75) is 12.5 Å². The molecule has 0 radical (unpaired) electrons. The minimum absolute atomic E-state index is 0.0334. The van der Waals surface area contributed by atoms with Crippen molar-refractivity contribution in [2.24, 2.45) is 0 Å². The zero-order valence-electron chi connectivity index (χ0n) is 23.8. The van der Waals surface area contributed by atoms with E-state index in [2.05, 4.69) is 16.0 Å². The second-order valence-electron chi connectivity index (χ2n) is 10.4. The van der Waals surface area contributed by atoms with Crippen molar-refractivity contribution < 1.29 is 33.8 Å². The number of hydrogen-bond acceptors (Lipinski definition) is 6. The molecule has 0 aliphatic carbocycles. The van der Waals surface area contributed by atoms with Gasteiger partial charge in [0, 0.05) is 34.5 Å². The zero-order chi connectivity index (χ0) is 31.3. The Bertz CT molecular complexity index is 1940. The molecule has 6 rings (SSSR count). The third-order valence-electron chi connectivity index (χ3n) is 7.27. The first-order valence-corrected chi connectivity index (χ1v) is 14.1. The third kappa shape index (κ3) is 6.60. The Labute approximate surface area is 257 Å². The van der Waals surface area contributed by atoms with Gasteiger partial charge in [0.05, 0.1) is 0 Å². The number of carboxylic acids is 1. The molecule has 45 heavy (non-hydrogen) atoms. The smallest absolute Gasteiger partial charge is 0.326 e. The van der Waals surface area contributed by atoms with Gasteiger partial charge >= 0.3 is 5.97 Å². The fourth-order valence-corrected chi connectivity index (χ4v) is 5.06. The quantitative estimate of drug-likeness (QED) is 0.175. The first-order valence-electron chi connectivity index (χ1n) is 14.1. The number of amides is 3. The van der Waals surface area contributed by atoms with Gasteiger partial charge in [-0.05, 0) is 58.8 Å². The number of carbonyl (C=O) groups is 4. The molecule has 5 aromatic rings. The first-order chi connectivity index (χ1) is 21.8. The standard InChI is InChI=1S/C35H27N3O7/c39-32(23-13-14-30-31(18-23)45-20-44-30)36-25-16-24(33(40)38-29(35(42)43)15-21-7-2-1-3-8-21)17-26(19-25)37-34(41)28-12-6-10-22-9-4-5-11-27(22)28/h1-14,16-19,29H,15,20H2,(H,36,39)(H,37,41)(H,38,40)(H,42,43)/t29-/m0/s1. The van der Waals surface area contributed by atoms with Crippen LogP contribution < -0.4 is 25.4 Å². The summed E-state index contributed by atoms with van der Waals surface area (Å²) >= 11 is 0. The number of benzene rings is 5. The highest BCUT2D eigenvalue weighted by Gasteiger charge is 2.23. The number of carboxylic acid groups (broad SMARTS) is 1. The number of carbonyl (C=O) groups excluding carboxylic acids is 3. The second-order valence-corrected chi connectivity index (χ2v) is 10.4. The van der Waals surface area contributed by atoms with Crippen LogP contribution in [-0.4, -0.2) is 41.6 Å². The van der Waals surface area contributed by atoms with Crippen LogP contribution >= 0.6 is 0 Å². The van der Waals surface area contributed by atoms with Crippen molar-refractivity contribution in [1.82, 2.24) is 5.32 Å². The number of ether oxygens (including phenoxy) is 2. The summed E-state index contributed by atoms with van der Waals surface area (Å²) in [5.41, 5.74) is 1.89. The van der Waals surface area contributed by atoms with Crippen molar-refractivity contribution in [3.05, 3.63) is 131 Å². The lowest BCUT2D eigenvalue weighted by atomic mass is 10.0. The molecule has 0 bridgehead atoms. The van der Waals surface area contributed by atoms with E-state index in [1.54, 1.807) is 54.6 Å². The molecule has 5 aromatic carbocycles. The highest BCUT2D eigenvalue weighted by atomic mass is 16.7. The Morgan fingerprint density at radius 3 is 2.13 bits per heavy atom. The highest BCUT2D eigenvalue weighted by Crippen LogP contribution is 2.33. The number of rotatable bonds is 9. The van der Waals surface area contributed by atoms with Crippen LogP contribution in [0, 0.1) is 0 Å². The van der Waals surface area contributed by atoms with E-state index in [1.807, 2.05) is 36.4 Å². The van der Waals surface area contributed by atoms with E-state index in [1.165, 1.54) is 18.2 Å². The number of nitrogens with one attached hydrogen (secondary N) is 3. The summed E-state index contributed by atoms with van der Waals surface area (Å²) in [6, 6.07) is 29.6. The molecule has 10 nitrogen and oxygen atoms in total. The van der Waals surface area contributed by atoms with Gasteiger partial charge in [-0.25, -0.2) is 4.79 Å². The summed E-state index contributed by atoms with van der Waals surface area (Å²) in [5, 5.41) is 19.6. The molecule has 0 aromatic heterocycles. The minimum atomic E-state index is -1.22. The van der Waals surface area contributed by atoms with Crippen LogP contribution in [-0.2, 0) is 11.2 Å². The molecular weight excluding hydrogens is 574 g/mol. The lowest BCUT2D eigenvalue weighted by Gasteiger charge is -2.17. The Balaban J connectivity index is 1.30. The molecule has 1 atom stereocenters. The molecule has 0 saturated heterocycles. The van der Waals surface area contributed by atoms with E-state index in [0.29, 0.717) is 17.1 Å². The maximum Gasteiger partial charge on any atom is 0.326 e. The maximum atomic E-state index is 13.4. The van der Waals surface area contributed by atoms with Gasteiger partial charge in [0.2, 0.25) is 6.79 Å². The number of fused-ring (bicyclic) bond motifs is 2. The average molecular weight is 602 g/mol. The molecule has 1 aliphatic heterocycles. The highest BCUT2D eigenvalue weighted by molar-refractivity contribution is 6.14. The van der Waals surface area contributed by atoms with Gasteiger partial charge in [0.15, 0.2) is 11.5 Å². The normalized spacial score (nSPS) is 12.3. The van der Waals surface area contributed by atoms with E-state index in [4.69, 9.17) is 9.47 Å². The molecule has 4 N–H and O–H groups in total. The first kappa shape index (κ1) is 28.9. The Hall–Kier alpha value is -6.16. The monoisotopic (exact) mass is 601 g/mol. The van der Waals surface area contributed by atoms with Crippen LogP contribution in [0.2, 0.25) is 0 Å². The van der Waals surface area contributed by atoms with Crippen LogP contribution in [0.25, 0.3) is 10.8 Å². The number of hydrogen-bond donors (Lipinski definition) is 4. The maximum absolute atomic E-state index is 13.4. The summed E-state index contributed by atoms with van der Waals surface area (Å²) in [7, 11) is 0. The van der Waals surface area contributed by atoms with Gasteiger partial charge in [-0.3, -0.25) is 14.4 Å². The van der Waals surface area contributed by atoms with Crippen molar-refractivity contribution in [1.29, 1.82) is 0 Å². The van der Waals surface area contributed by atoms with E-state index in [0.717, 1.165) is 16.3 Å². The zero-order valence-corrected chi connectivity index (χ0v) is 23.8. The lowest BCUT2D eigenvalue weighted by Crippen LogP contribution is -2.42. The molecule has 0 saturated carbocycles. The second kappa shape index (κ2) is 12.6. The topological polar surface area (TPSA) is 143 Å². The van der Waals surface area contributed by atoms with Gasteiger partial charge in [-0.15, -0.1) is 0 Å². The van der Waals surface area contributed by atoms with Gasteiger partial charge < -0.3 is 30.5 Å². The molecule has 10 heteroatoms. The number of aliphatic carboxylic acids is 1. The summed E-state index contributed by atoms with van der Waals surface area (Å²) in [4.78, 5) is 52.1. The van der Waals surface area contributed by atoms with Gasteiger partial charge in [-0.1, -0.05) is 66.7 Å². The largest absolute Gasteiger partial charge is 0.480 e. The predicted octanol–water partition coefficient (Wildman–Crippen LogP) is 5.50. The molecule has 0 fully saturated rings.